The van der Waals surface area contributed by atoms with E-state index in [-0.39, 0.29) is 36.5 Å². The van der Waals surface area contributed by atoms with E-state index >= 15 is 0 Å². The molecule has 2 aromatic rings. The topological polar surface area (TPSA) is 106 Å². The number of ether oxygens (including phenoxy) is 1. The van der Waals surface area contributed by atoms with Crippen LogP contribution in [-0.4, -0.2) is 28.3 Å². The Balaban J connectivity index is 0.000000804. The number of hydrogen-bond acceptors (Lipinski definition) is 5. The Kier molecular flexibility index (Phi) is 9.76. The number of benzene rings is 1. The SMILES string of the molecule is CCC(=O)O.CCc1nc(N(N)C(=O)OCc2ccccc2)ccc1CC(F)(F)F. The molecule has 0 radical (unpaired) electrons. The molecule has 0 unspecified atom stereocenters. The molecule has 30 heavy (non-hydrogen) atoms. The van der Waals surface area contributed by atoms with Gasteiger partial charge in [0.2, 0.25) is 0 Å². The van der Waals surface area contributed by atoms with Gasteiger partial charge in [0.15, 0.2) is 5.82 Å². The molecular formula is C20H24F3N3O4. The van der Waals surface area contributed by atoms with Crippen LogP contribution in [0, 0.1) is 0 Å². The lowest BCUT2D eigenvalue weighted by atomic mass is 10.1. The van der Waals surface area contributed by atoms with Gasteiger partial charge >= 0.3 is 18.2 Å². The van der Waals surface area contributed by atoms with E-state index in [1.807, 2.05) is 6.07 Å². The van der Waals surface area contributed by atoms with Gasteiger partial charge in [-0.3, -0.25) is 4.79 Å². The third-order valence-electron chi connectivity index (χ3n) is 3.73. The van der Waals surface area contributed by atoms with E-state index in [1.165, 1.54) is 12.1 Å². The number of halogens is 3. The molecule has 10 heteroatoms. The molecule has 1 heterocycles. The van der Waals surface area contributed by atoms with Crippen molar-refractivity contribution in [3.63, 3.8) is 0 Å². The Hall–Kier alpha value is -3.14. The highest BCUT2D eigenvalue weighted by Gasteiger charge is 2.29. The van der Waals surface area contributed by atoms with Gasteiger partial charge in [-0.1, -0.05) is 50.2 Å². The van der Waals surface area contributed by atoms with Gasteiger partial charge in [-0.2, -0.15) is 18.2 Å². The summed E-state index contributed by atoms with van der Waals surface area (Å²) in [6.07, 6.45) is -5.75. The minimum absolute atomic E-state index is 0.0279. The number of hydrazine groups is 1. The summed E-state index contributed by atoms with van der Waals surface area (Å²) in [6, 6.07) is 11.6. The molecule has 1 amide bonds. The Morgan fingerprint density at radius 3 is 2.23 bits per heavy atom. The number of nitrogens with two attached hydrogens (primary N) is 1. The van der Waals surface area contributed by atoms with Crippen molar-refractivity contribution < 1.29 is 32.6 Å². The highest BCUT2D eigenvalue weighted by Crippen LogP contribution is 2.24. The lowest BCUT2D eigenvalue weighted by molar-refractivity contribution is -0.136. The first kappa shape index (κ1) is 24.9. The van der Waals surface area contributed by atoms with Crippen molar-refractivity contribution in [1.82, 2.24) is 4.98 Å². The first-order chi connectivity index (χ1) is 14.1. The quantitative estimate of drug-likeness (QED) is 0.406. The standard InChI is InChI=1S/C17H18F3N3O2.C3H6O2/c1-2-14-13(10-17(18,19)20)8-9-15(22-14)23(21)16(24)25-11-12-6-4-3-5-7-12;1-2-3(4)5/h3-9H,2,10-11,21H2,1H3;2H2,1H3,(H,4,5). The van der Waals surface area contributed by atoms with E-state index in [2.05, 4.69) is 4.98 Å². The largest absolute Gasteiger partial charge is 0.481 e. The molecule has 0 atom stereocenters. The Morgan fingerprint density at radius 2 is 1.73 bits per heavy atom. The number of aromatic nitrogens is 1. The Morgan fingerprint density at radius 1 is 1.13 bits per heavy atom. The third-order valence-corrected chi connectivity index (χ3v) is 3.73. The monoisotopic (exact) mass is 427 g/mol. The number of rotatable bonds is 6. The maximum absolute atomic E-state index is 12.6. The zero-order valence-corrected chi connectivity index (χ0v) is 16.6. The van der Waals surface area contributed by atoms with E-state index in [1.54, 1.807) is 38.1 Å². The second-order valence-electron chi connectivity index (χ2n) is 6.08. The number of alkyl halides is 3. The smallest absolute Gasteiger partial charge is 0.430 e. The van der Waals surface area contributed by atoms with Crippen molar-refractivity contribution in [2.45, 2.75) is 45.9 Å². The van der Waals surface area contributed by atoms with E-state index in [9.17, 15) is 22.8 Å². The van der Waals surface area contributed by atoms with Crippen molar-refractivity contribution >= 4 is 17.9 Å². The summed E-state index contributed by atoms with van der Waals surface area (Å²) in [5, 5.41) is 8.40. The van der Waals surface area contributed by atoms with E-state index in [4.69, 9.17) is 15.7 Å². The van der Waals surface area contributed by atoms with Crippen molar-refractivity contribution in [2.24, 2.45) is 5.84 Å². The third kappa shape index (κ3) is 8.91. The number of aliphatic carboxylic acids is 1. The first-order valence-corrected chi connectivity index (χ1v) is 9.10. The molecule has 0 saturated carbocycles. The Bertz CT molecular complexity index is 830. The van der Waals surface area contributed by atoms with Crippen LogP contribution in [-0.2, 0) is 29.0 Å². The summed E-state index contributed by atoms with van der Waals surface area (Å²) in [6.45, 7) is 3.31. The molecule has 2 rings (SSSR count). The number of amides is 1. The summed E-state index contributed by atoms with van der Waals surface area (Å²) >= 11 is 0. The molecule has 1 aromatic carbocycles. The highest BCUT2D eigenvalue weighted by molar-refractivity contribution is 5.84. The fourth-order valence-corrected chi connectivity index (χ4v) is 2.22. The van der Waals surface area contributed by atoms with Gasteiger partial charge in [0.05, 0.1) is 6.42 Å². The van der Waals surface area contributed by atoms with Gasteiger partial charge in [0.1, 0.15) is 6.61 Å². The summed E-state index contributed by atoms with van der Waals surface area (Å²) in [7, 11) is 0. The van der Waals surface area contributed by atoms with Crippen LogP contribution in [0.1, 0.15) is 37.1 Å². The number of carboxylic acid groups (broad SMARTS) is 1. The van der Waals surface area contributed by atoms with Crippen molar-refractivity contribution in [2.75, 3.05) is 5.01 Å². The zero-order valence-electron chi connectivity index (χ0n) is 16.6. The molecule has 3 N–H and O–H groups in total. The summed E-state index contributed by atoms with van der Waals surface area (Å²) in [5.74, 6) is 4.96. The maximum atomic E-state index is 12.6. The van der Waals surface area contributed by atoms with Gasteiger partial charge < -0.3 is 9.84 Å². The minimum atomic E-state index is -4.33. The molecule has 0 spiro atoms. The summed E-state index contributed by atoms with van der Waals surface area (Å²) < 4.78 is 42.8. The van der Waals surface area contributed by atoms with Crippen LogP contribution in [0.5, 0.6) is 0 Å². The molecule has 1 aromatic heterocycles. The minimum Gasteiger partial charge on any atom is -0.481 e. The average molecular weight is 427 g/mol. The van der Waals surface area contributed by atoms with Crippen molar-refractivity contribution in [1.29, 1.82) is 0 Å². The van der Waals surface area contributed by atoms with Gasteiger partial charge in [-0.15, -0.1) is 0 Å². The van der Waals surface area contributed by atoms with Crippen molar-refractivity contribution in [3.8, 4) is 0 Å². The van der Waals surface area contributed by atoms with Crippen molar-refractivity contribution in [3.05, 3.63) is 59.3 Å². The van der Waals surface area contributed by atoms with Crippen LogP contribution < -0.4 is 10.9 Å². The molecule has 0 aliphatic rings. The normalized spacial score (nSPS) is 10.6. The number of carboxylic acids is 1. The maximum Gasteiger partial charge on any atom is 0.430 e. The number of nitrogens with zero attached hydrogens (tertiary/aromatic N) is 2. The number of carbonyl (C=O) groups is 2. The van der Waals surface area contributed by atoms with Crippen LogP contribution in [0.15, 0.2) is 42.5 Å². The van der Waals surface area contributed by atoms with Crippen LogP contribution >= 0.6 is 0 Å². The van der Waals surface area contributed by atoms with E-state index in [0.29, 0.717) is 5.01 Å². The number of carbonyl (C=O) groups excluding carboxylic acids is 1. The molecule has 0 saturated heterocycles. The predicted molar refractivity (Wildman–Crippen MR) is 105 cm³/mol. The number of aryl methyl sites for hydroxylation is 1. The molecule has 0 fully saturated rings. The lowest BCUT2D eigenvalue weighted by Crippen LogP contribution is -2.38. The highest BCUT2D eigenvalue weighted by atomic mass is 19.4. The molecule has 0 bridgehead atoms. The van der Waals surface area contributed by atoms with Gasteiger partial charge in [0, 0.05) is 12.1 Å². The molecule has 164 valence electrons. The van der Waals surface area contributed by atoms with Crippen LogP contribution in [0.25, 0.3) is 0 Å². The summed E-state index contributed by atoms with van der Waals surface area (Å²) in [4.78, 5) is 25.4. The van der Waals surface area contributed by atoms with Gasteiger partial charge in [0.25, 0.3) is 0 Å². The zero-order chi connectivity index (χ0) is 22.7. The van der Waals surface area contributed by atoms with Crippen LogP contribution in [0.3, 0.4) is 0 Å². The summed E-state index contributed by atoms with van der Waals surface area (Å²) in [5.41, 5.74) is 1.08. The second kappa shape index (κ2) is 11.8. The van der Waals surface area contributed by atoms with Crippen LogP contribution in [0.4, 0.5) is 23.8 Å². The molecular weight excluding hydrogens is 403 g/mol. The predicted octanol–water partition coefficient (Wildman–Crippen LogP) is 4.25. The second-order valence-corrected chi connectivity index (χ2v) is 6.08. The fourth-order valence-electron chi connectivity index (χ4n) is 2.22. The lowest BCUT2D eigenvalue weighted by Gasteiger charge is -2.18. The number of pyridine rings is 1. The number of hydrogen-bond donors (Lipinski definition) is 2. The Labute approximate surface area is 172 Å². The average Bonchev–Trinajstić information content (AvgIpc) is 2.71. The molecule has 0 aliphatic heterocycles. The van der Waals surface area contributed by atoms with E-state index < -0.39 is 24.7 Å². The van der Waals surface area contributed by atoms with Gasteiger partial charge in [-0.25, -0.2) is 15.6 Å². The van der Waals surface area contributed by atoms with Gasteiger partial charge in [-0.05, 0) is 23.6 Å². The van der Waals surface area contributed by atoms with Crippen LogP contribution in [0.2, 0.25) is 0 Å². The first-order valence-electron chi connectivity index (χ1n) is 9.10. The molecule has 7 nitrogen and oxygen atoms in total. The fraction of sp³-hybridized carbons (Fsp3) is 0.350. The van der Waals surface area contributed by atoms with E-state index in [0.717, 1.165) is 5.56 Å². The molecule has 0 aliphatic carbocycles. The number of anilines is 1.